The Hall–Kier alpha value is -2.14. The Morgan fingerprint density at radius 3 is 2.62 bits per heavy atom. The predicted molar refractivity (Wildman–Crippen MR) is 105 cm³/mol. The van der Waals surface area contributed by atoms with Gasteiger partial charge in [0.2, 0.25) is 5.91 Å². The summed E-state index contributed by atoms with van der Waals surface area (Å²) >= 11 is 5.85. The van der Waals surface area contributed by atoms with Crippen molar-refractivity contribution in [2.75, 3.05) is 26.3 Å². The van der Waals surface area contributed by atoms with E-state index in [9.17, 15) is 4.79 Å². The number of nitrogens with one attached hydrogen (secondary N) is 1. The topological polar surface area (TPSA) is 41.6 Å². The van der Waals surface area contributed by atoms with Gasteiger partial charge >= 0.3 is 0 Å². The van der Waals surface area contributed by atoms with Crippen LogP contribution in [0.15, 0.2) is 54.6 Å². The lowest BCUT2D eigenvalue weighted by Crippen LogP contribution is -2.35. The number of hydrogen-bond donors (Lipinski definition) is 1. The molecule has 0 aromatic heterocycles. The lowest BCUT2D eigenvalue weighted by molar-refractivity contribution is -0.116. The van der Waals surface area contributed by atoms with E-state index in [1.165, 1.54) is 5.56 Å². The van der Waals surface area contributed by atoms with E-state index in [2.05, 4.69) is 22.3 Å². The fourth-order valence-corrected chi connectivity index (χ4v) is 2.98. The van der Waals surface area contributed by atoms with E-state index in [0.717, 1.165) is 44.0 Å². The highest BCUT2D eigenvalue weighted by molar-refractivity contribution is 6.30. The maximum absolute atomic E-state index is 12.0. The fourth-order valence-electron chi connectivity index (χ4n) is 2.85. The van der Waals surface area contributed by atoms with Crippen LogP contribution < -0.4 is 5.32 Å². The van der Waals surface area contributed by atoms with Crippen LogP contribution in [0, 0.1) is 0 Å². The Morgan fingerprint density at radius 1 is 1.12 bits per heavy atom. The summed E-state index contributed by atoms with van der Waals surface area (Å²) in [6.07, 6.45) is 3.32. The molecule has 2 aromatic rings. The molecule has 4 nitrogen and oxygen atoms in total. The Kier molecular flexibility index (Phi) is 6.83. The molecule has 5 heteroatoms. The summed E-state index contributed by atoms with van der Waals surface area (Å²) in [5, 5.41) is 3.61. The number of hydrogen-bond acceptors (Lipinski definition) is 3. The molecule has 0 bridgehead atoms. The number of benzene rings is 2. The largest absolute Gasteiger partial charge is 0.379 e. The van der Waals surface area contributed by atoms with Crippen LogP contribution in [0.4, 0.5) is 0 Å². The Morgan fingerprint density at radius 2 is 1.85 bits per heavy atom. The van der Waals surface area contributed by atoms with Gasteiger partial charge in [0, 0.05) is 37.3 Å². The van der Waals surface area contributed by atoms with Gasteiger partial charge in [-0.2, -0.15) is 0 Å². The Labute approximate surface area is 159 Å². The van der Waals surface area contributed by atoms with Crippen LogP contribution in [-0.2, 0) is 22.6 Å². The fraction of sp³-hybridized carbons (Fsp3) is 0.286. The van der Waals surface area contributed by atoms with Crippen molar-refractivity contribution in [3.8, 4) is 0 Å². The van der Waals surface area contributed by atoms with E-state index in [4.69, 9.17) is 16.3 Å². The van der Waals surface area contributed by atoms with Gasteiger partial charge in [-0.15, -0.1) is 0 Å². The number of nitrogens with zero attached hydrogens (tertiary/aromatic N) is 1. The van der Waals surface area contributed by atoms with Crippen molar-refractivity contribution in [2.24, 2.45) is 0 Å². The molecular weight excluding hydrogens is 348 g/mol. The van der Waals surface area contributed by atoms with Crippen LogP contribution in [0.3, 0.4) is 0 Å². The number of amides is 1. The van der Waals surface area contributed by atoms with Gasteiger partial charge in [0.05, 0.1) is 13.2 Å². The van der Waals surface area contributed by atoms with E-state index >= 15 is 0 Å². The molecule has 0 aliphatic carbocycles. The monoisotopic (exact) mass is 370 g/mol. The first-order valence-electron chi connectivity index (χ1n) is 8.78. The minimum atomic E-state index is -0.112. The SMILES string of the molecule is O=C(/C=C/c1ccc(Cl)cc1)NCc1cccc(CN2CCOCC2)c1. The first kappa shape index (κ1) is 18.6. The zero-order valence-corrected chi connectivity index (χ0v) is 15.4. The molecule has 0 unspecified atom stereocenters. The first-order chi connectivity index (χ1) is 12.7. The quantitative estimate of drug-likeness (QED) is 0.791. The molecule has 0 atom stereocenters. The summed E-state index contributed by atoms with van der Waals surface area (Å²) in [4.78, 5) is 14.4. The summed E-state index contributed by atoms with van der Waals surface area (Å²) < 4.78 is 5.38. The minimum absolute atomic E-state index is 0.112. The van der Waals surface area contributed by atoms with E-state index in [1.54, 1.807) is 24.3 Å². The molecule has 1 fully saturated rings. The molecule has 1 aliphatic heterocycles. The van der Waals surface area contributed by atoms with Gasteiger partial charge in [-0.05, 0) is 34.9 Å². The molecular formula is C21H23ClN2O2. The summed E-state index contributed by atoms with van der Waals surface area (Å²) in [7, 11) is 0. The predicted octanol–water partition coefficient (Wildman–Crippen LogP) is 3.50. The van der Waals surface area contributed by atoms with Crippen LogP contribution in [0.2, 0.25) is 5.02 Å². The third-order valence-electron chi connectivity index (χ3n) is 4.27. The summed E-state index contributed by atoms with van der Waals surface area (Å²) in [5.41, 5.74) is 3.30. The van der Waals surface area contributed by atoms with Crippen molar-refractivity contribution in [1.82, 2.24) is 10.2 Å². The molecule has 0 saturated carbocycles. The Bertz CT molecular complexity index is 753. The van der Waals surface area contributed by atoms with Crippen molar-refractivity contribution in [3.63, 3.8) is 0 Å². The van der Waals surface area contributed by atoms with Crippen molar-refractivity contribution < 1.29 is 9.53 Å². The van der Waals surface area contributed by atoms with Crippen LogP contribution >= 0.6 is 11.6 Å². The van der Waals surface area contributed by atoms with Crippen molar-refractivity contribution in [2.45, 2.75) is 13.1 Å². The van der Waals surface area contributed by atoms with Gasteiger partial charge in [-0.3, -0.25) is 9.69 Å². The second-order valence-corrected chi connectivity index (χ2v) is 6.75. The molecule has 0 radical (unpaired) electrons. The second kappa shape index (κ2) is 9.53. The van der Waals surface area contributed by atoms with Crippen LogP contribution in [-0.4, -0.2) is 37.1 Å². The van der Waals surface area contributed by atoms with Crippen molar-refractivity contribution >= 4 is 23.6 Å². The van der Waals surface area contributed by atoms with Gasteiger partial charge in [-0.1, -0.05) is 48.0 Å². The van der Waals surface area contributed by atoms with Crippen LogP contribution in [0.25, 0.3) is 6.08 Å². The van der Waals surface area contributed by atoms with Crippen molar-refractivity contribution in [3.05, 3.63) is 76.3 Å². The molecule has 136 valence electrons. The lowest BCUT2D eigenvalue weighted by Gasteiger charge is -2.26. The van der Waals surface area contributed by atoms with Gasteiger partial charge < -0.3 is 10.1 Å². The molecule has 1 amide bonds. The minimum Gasteiger partial charge on any atom is -0.379 e. The number of halogens is 1. The lowest BCUT2D eigenvalue weighted by atomic mass is 10.1. The highest BCUT2D eigenvalue weighted by atomic mass is 35.5. The van der Waals surface area contributed by atoms with Gasteiger partial charge in [0.1, 0.15) is 0 Å². The molecule has 1 heterocycles. The van der Waals surface area contributed by atoms with E-state index in [-0.39, 0.29) is 5.91 Å². The number of carbonyl (C=O) groups is 1. The van der Waals surface area contributed by atoms with E-state index in [0.29, 0.717) is 11.6 Å². The van der Waals surface area contributed by atoms with Crippen molar-refractivity contribution in [1.29, 1.82) is 0 Å². The van der Waals surface area contributed by atoms with E-state index in [1.807, 2.05) is 24.3 Å². The average molecular weight is 371 g/mol. The molecule has 1 saturated heterocycles. The molecule has 1 aliphatic rings. The van der Waals surface area contributed by atoms with Crippen LogP contribution in [0.1, 0.15) is 16.7 Å². The van der Waals surface area contributed by atoms with Gasteiger partial charge in [-0.25, -0.2) is 0 Å². The summed E-state index contributed by atoms with van der Waals surface area (Å²) in [6, 6.07) is 15.7. The molecule has 2 aromatic carbocycles. The third kappa shape index (κ3) is 5.99. The third-order valence-corrected chi connectivity index (χ3v) is 4.52. The number of rotatable bonds is 6. The molecule has 26 heavy (non-hydrogen) atoms. The second-order valence-electron chi connectivity index (χ2n) is 6.31. The molecule has 3 rings (SSSR count). The number of ether oxygens (including phenoxy) is 1. The summed E-state index contributed by atoms with van der Waals surface area (Å²) in [6.45, 7) is 4.97. The van der Waals surface area contributed by atoms with Gasteiger partial charge in [0.15, 0.2) is 0 Å². The number of morpholine rings is 1. The first-order valence-corrected chi connectivity index (χ1v) is 9.16. The zero-order valence-electron chi connectivity index (χ0n) is 14.7. The normalized spacial score (nSPS) is 15.3. The Balaban J connectivity index is 1.49. The zero-order chi connectivity index (χ0) is 18.2. The number of carbonyl (C=O) groups excluding carboxylic acids is 1. The highest BCUT2D eigenvalue weighted by Gasteiger charge is 2.10. The van der Waals surface area contributed by atoms with Crippen LogP contribution in [0.5, 0.6) is 0 Å². The maximum Gasteiger partial charge on any atom is 0.244 e. The molecule has 0 spiro atoms. The average Bonchev–Trinajstić information content (AvgIpc) is 2.67. The highest BCUT2D eigenvalue weighted by Crippen LogP contribution is 2.11. The maximum atomic E-state index is 12.0. The standard InChI is InChI=1S/C21H23ClN2O2/c22-20-7-4-17(5-8-20)6-9-21(25)23-15-18-2-1-3-19(14-18)16-24-10-12-26-13-11-24/h1-9,14H,10-13,15-16H2,(H,23,25)/b9-6+. The van der Waals surface area contributed by atoms with E-state index < -0.39 is 0 Å². The van der Waals surface area contributed by atoms with Gasteiger partial charge in [0.25, 0.3) is 0 Å². The summed E-state index contributed by atoms with van der Waals surface area (Å²) in [5.74, 6) is -0.112. The smallest absolute Gasteiger partial charge is 0.244 e. The molecule has 1 N–H and O–H groups in total.